The predicted molar refractivity (Wildman–Crippen MR) is 85.2 cm³/mol. The van der Waals surface area contributed by atoms with Crippen LogP contribution in [0, 0.1) is 0 Å². The number of halogens is 2. The molecule has 1 N–H and O–H groups in total. The predicted octanol–water partition coefficient (Wildman–Crippen LogP) is 3.64. The van der Waals surface area contributed by atoms with E-state index in [1.54, 1.807) is 0 Å². The third-order valence-electron chi connectivity index (χ3n) is 3.88. The second-order valence-corrected chi connectivity index (χ2v) is 7.91. The lowest BCUT2D eigenvalue weighted by Gasteiger charge is -2.34. The molecule has 0 bridgehead atoms. The van der Waals surface area contributed by atoms with Crippen LogP contribution >= 0.6 is 23.2 Å². The standard InChI is InChI=1S/C14H17Cl2NO4S/c1-2-9-5-3-4-6-17(9)22(20,21)13-7-10(14(18)19)11(15)8-12(13)16/h7-9H,2-6H2,1H3,(H,18,19). The van der Waals surface area contributed by atoms with Crippen LogP contribution in [-0.2, 0) is 10.0 Å². The van der Waals surface area contributed by atoms with Crippen molar-refractivity contribution in [2.75, 3.05) is 6.54 Å². The molecule has 0 amide bonds. The highest BCUT2D eigenvalue weighted by Crippen LogP contribution is 2.33. The van der Waals surface area contributed by atoms with Crippen LogP contribution in [0.25, 0.3) is 0 Å². The van der Waals surface area contributed by atoms with Crippen LogP contribution in [0.5, 0.6) is 0 Å². The molecule has 1 aliphatic rings. The maximum absolute atomic E-state index is 12.9. The van der Waals surface area contributed by atoms with E-state index in [1.807, 2.05) is 6.92 Å². The number of carboxylic acids is 1. The van der Waals surface area contributed by atoms with Gasteiger partial charge in [-0.15, -0.1) is 0 Å². The monoisotopic (exact) mass is 365 g/mol. The van der Waals surface area contributed by atoms with Crippen LogP contribution in [0.2, 0.25) is 10.0 Å². The van der Waals surface area contributed by atoms with Gasteiger partial charge in [-0.2, -0.15) is 4.31 Å². The van der Waals surface area contributed by atoms with Crippen molar-refractivity contribution in [3.8, 4) is 0 Å². The number of carboxylic acid groups (broad SMARTS) is 1. The topological polar surface area (TPSA) is 74.7 Å². The highest BCUT2D eigenvalue weighted by molar-refractivity contribution is 7.89. The van der Waals surface area contributed by atoms with E-state index in [4.69, 9.17) is 28.3 Å². The van der Waals surface area contributed by atoms with E-state index in [0.717, 1.165) is 25.3 Å². The molecule has 0 spiro atoms. The summed E-state index contributed by atoms with van der Waals surface area (Å²) in [6.07, 6.45) is 3.27. The van der Waals surface area contributed by atoms with Crippen LogP contribution in [0.4, 0.5) is 0 Å². The van der Waals surface area contributed by atoms with E-state index in [2.05, 4.69) is 0 Å². The van der Waals surface area contributed by atoms with E-state index in [0.29, 0.717) is 13.0 Å². The van der Waals surface area contributed by atoms with Gasteiger partial charge in [0.1, 0.15) is 4.90 Å². The summed E-state index contributed by atoms with van der Waals surface area (Å²) in [5.74, 6) is -1.29. The maximum Gasteiger partial charge on any atom is 0.337 e. The van der Waals surface area contributed by atoms with Gasteiger partial charge >= 0.3 is 5.97 Å². The molecule has 2 rings (SSSR count). The number of nitrogens with zero attached hydrogens (tertiary/aromatic N) is 1. The Bertz CT molecular complexity index is 690. The van der Waals surface area contributed by atoms with Crippen LogP contribution in [0.15, 0.2) is 17.0 Å². The average molecular weight is 366 g/mol. The molecule has 8 heteroatoms. The zero-order valence-electron chi connectivity index (χ0n) is 12.1. The largest absolute Gasteiger partial charge is 0.478 e. The Kier molecular flexibility index (Phi) is 5.37. The Morgan fingerprint density at radius 3 is 2.59 bits per heavy atom. The Morgan fingerprint density at radius 1 is 1.32 bits per heavy atom. The first kappa shape index (κ1) is 17.5. The minimum Gasteiger partial charge on any atom is -0.478 e. The third kappa shape index (κ3) is 3.25. The summed E-state index contributed by atoms with van der Waals surface area (Å²) >= 11 is 11.8. The molecule has 1 saturated heterocycles. The average Bonchev–Trinajstić information content (AvgIpc) is 2.46. The van der Waals surface area contributed by atoms with Crippen LogP contribution < -0.4 is 0 Å². The molecular formula is C14H17Cl2NO4S. The molecule has 5 nitrogen and oxygen atoms in total. The van der Waals surface area contributed by atoms with Crippen molar-refractivity contribution < 1.29 is 18.3 Å². The Labute approximate surface area is 139 Å². The first-order chi connectivity index (χ1) is 10.3. The van der Waals surface area contributed by atoms with E-state index >= 15 is 0 Å². The molecule has 1 aromatic carbocycles. The van der Waals surface area contributed by atoms with Crippen molar-refractivity contribution in [1.29, 1.82) is 0 Å². The SMILES string of the molecule is CCC1CCCCN1S(=O)(=O)c1cc(C(=O)O)c(Cl)cc1Cl. The van der Waals surface area contributed by atoms with Gasteiger partial charge in [-0.3, -0.25) is 0 Å². The van der Waals surface area contributed by atoms with Gasteiger partial charge in [0.25, 0.3) is 0 Å². The van der Waals surface area contributed by atoms with Gasteiger partial charge in [-0.05, 0) is 31.4 Å². The van der Waals surface area contributed by atoms with Crippen molar-refractivity contribution in [2.24, 2.45) is 0 Å². The van der Waals surface area contributed by atoms with Gasteiger partial charge in [0.2, 0.25) is 10.0 Å². The van der Waals surface area contributed by atoms with E-state index in [9.17, 15) is 13.2 Å². The summed E-state index contributed by atoms with van der Waals surface area (Å²) in [6.45, 7) is 2.35. The summed E-state index contributed by atoms with van der Waals surface area (Å²) in [5.41, 5.74) is -0.269. The first-order valence-corrected chi connectivity index (χ1v) is 9.22. The Balaban J connectivity index is 2.53. The second-order valence-electron chi connectivity index (χ2n) is 5.24. The Hall–Kier alpha value is -0.820. The summed E-state index contributed by atoms with van der Waals surface area (Å²) < 4.78 is 27.2. The highest BCUT2D eigenvalue weighted by Gasteiger charge is 2.34. The number of sulfonamides is 1. The fourth-order valence-electron chi connectivity index (χ4n) is 2.72. The normalized spacial score (nSPS) is 20.0. The molecule has 0 saturated carbocycles. The summed E-state index contributed by atoms with van der Waals surface area (Å²) in [7, 11) is -3.85. The summed E-state index contributed by atoms with van der Waals surface area (Å²) in [6, 6.07) is 2.13. The molecule has 0 aliphatic carbocycles. The molecule has 0 aromatic heterocycles. The second kappa shape index (κ2) is 6.74. The molecule has 1 heterocycles. The van der Waals surface area contributed by atoms with E-state index in [1.165, 1.54) is 10.4 Å². The number of piperidine rings is 1. The van der Waals surface area contributed by atoms with Crippen LogP contribution in [0.3, 0.4) is 0 Å². The quantitative estimate of drug-likeness (QED) is 0.883. The zero-order chi connectivity index (χ0) is 16.5. The van der Waals surface area contributed by atoms with Gasteiger partial charge in [0.15, 0.2) is 0 Å². The number of hydrogen-bond acceptors (Lipinski definition) is 3. The maximum atomic E-state index is 12.9. The third-order valence-corrected chi connectivity index (χ3v) is 6.61. The fourth-order valence-corrected chi connectivity index (χ4v) is 5.31. The summed E-state index contributed by atoms with van der Waals surface area (Å²) in [4.78, 5) is 11.0. The van der Waals surface area contributed by atoms with Crippen LogP contribution in [0.1, 0.15) is 43.0 Å². The lowest BCUT2D eigenvalue weighted by Crippen LogP contribution is -2.43. The lowest BCUT2D eigenvalue weighted by atomic mass is 10.0. The van der Waals surface area contributed by atoms with E-state index in [-0.39, 0.29) is 26.5 Å². The smallest absolute Gasteiger partial charge is 0.337 e. The van der Waals surface area contributed by atoms with E-state index < -0.39 is 16.0 Å². The Morgan fingerprint density at radius 2 is 2.00 bits per heavy atom. The molecule has 0 radical (unpaired) electrons. The van der Waals surface area contributed by atoms with Crippen molar-refractivity contribution in [2.45, 2.75) is 43.5 Å². The molecule has 22 heavy (non-hydrogen) atoms. The highest BCUT2D eigenvalue weighted by atomic mass is 35.5. The lowest BCUT2D eigenvalue weighted by molar-refractivity contribution is 0.0697. The first-order valence-electron chi connectivity index (χ1n) is 7.03. The molecule has 122 valence electrons. The number of carbonyl (C=O) groups is 1. The van der Waals surface area contributed by atoms with Gasteiger partial charge < -0.3 is 5.11 Å². The minimum atomic E-state index is -3.85. The van der Waals surface area contributed by atoms with Crippen molar-refractivity contribution in [3.05, 3.63) is 27.7 Å². The van der Waals surface area contributed by atoms with Crippen molar-refractivity contribution in [3.63, 3.8) is 0 Å². The zero-order valence-corrected chi connectivity index (χ0v) is 14.4. The number of aromatic carboxylic acids is 1. The van der Waals surface area contributed by atoms with Crippen molar-refractivity contribution in [1.82, 2.24) is 4.31 Å². The molecule has 1 aromatic rings. The van der Waals surface area contributed by atoms with Gasteiger partial charge in [-0.25, -0.2) is 13.2 Å². The van der Waals surface area contributed by atoms with Crippen molar-refractivity contribution >= 4 is 39.2 Å². The molecule has 1 unspecified atom stereocenters. The van der Waals surface area contributed by atoms with Crippen LogP contribution in [-0.4, -0.2) is 36.4 Å². The fraction of sp³-hybridized carbons (Fsp3) is 0.500. The number of rotatable bonds is 4. The number of benzene rings is 1. The molecular weight excluding hydrogens is 349 g/mol. The van der Waals surface area contributed by atoms with Gasteiger partial charge in [0.05, 0.1) is 15.6 Å². The minimum absolute atomic E-state index is 0.0598. The molecule has 1 aliphatic heterocycles. The molecule has 1 fully saturated rings. The van der Waals surface area contributed by atoms with Gasteiger partial charge in [-0.1, -0.05) is 36.5 Å². The number of hydrogen-bond donors (Lipinski definition) is 1. The summed E-state index contributed by atoms with van der Waals surface area (Å²) in [5, 5.41) is 8.98. The van der Waals surface area contributed by atoms with Gasteiger partial charge in [0, 0.05) is 12.6 Å². The molecule has 1 atom stereocenters.